The van der Waals surface area contributed by atoms with Crippen molar-refractivity contribution in [2.24, 2.45) is 10.9 Å². The summed E-state index contributed by atoms with van der Waals surface area (Å²) in [4.78, 5) is 23.7. The SMILES string of the molecule is O=C(c1nc2ccccc2s1)N1CCC(CSC2=NCCS2)CC1. The first-order valence-electron chi connectivity index (χ1n) is 8.24. The van der Waals surface area contributed by atoms with Crippen molar-refractivity contribution in [1.82, 2.24) is 9.88 Å². The Morgan fingerprint density at radius 3 is 2.88 bits per heavy atom. The van der Waals surface area contributed by atoms with Crippen molar-refractivity contribution in [1.29, 1.82) is 0 Å². The van der Waals surface area contributed by atoms with Gasteiger partial charge in [0, 0.05) is 24.6 Å². The summed E-state index contributed by atoms with van der Waals surface area (Å²) in [7, 11) is 0. The number of para-hydroxylation sites is 1. The second-order valence-corrected chi connectivity index (χ2v) is 9.41. The van der Waals surface area contributed by atoms with Gasteiger partial charge in [-0.05, 0) is 30.9 Å². The molecule has 4 nitrogen and oxygen atoms in total. The van der Waals surface area contributed by atoms with E-state index < -0.39 is 0 Å². The van der Waals surface area contributed by atoms with Crippen molar-refractivity contribution in [2.75, 3.05) is 31.1 Å². The van der Waals surface area contributed by atoms with Crippen LogP contribution in [0.25, 0.3) is 10.2 Å². The van der Waals surface area contributed by atoms with Crippen molar-refractivity contribution in [2.45, 2.75) is 12.8 Å². The molecular weight excluding hydrogens is 358 g/mol. The zero-order valence-corrected chi connectivity index (χ0v) is 15.8. The number of piperidine rings is 1. The Balaban J connectivity index is 1.32. The lowest BCUT2D eigenvalue weighted by atomic mass is 9.99. The van der Waals surface area contributed by atoms with E-state index in [1.165, 1.54) is 15.7 Å². The summed E-state index contributed by atoms with van der Waals surface area (Å²) in [5.41, 5.74) is 0.923. The van der Waals surface area contributed by atoms with E-state index in [4.69, 9.17) is 0 Å². The molecule has 1 aromatic carbocycles. The first-order chi connectivity index (χ1) is 11.8. The van der Waals surface area contributed by atoms with Crippen LogP contribution in [0.4, 0.5) is 0 Å². The number of fused-ring (bicyclic) bond motifs is 1. The number of rotatable bonds is 3. The standard InChI is InChI=1S/C17H19N3OS3/c21-16(15-19-13-3-1-2-4-14(13)24-15)20-8-5-12(6-9-20)11-23-17-18-7-10-22-17/h1-4,12H,5-11H2. The zero-order valence-electron chi connectivity index (χ0n) is 13.3. The Morgan fingerprint density at radius 1 is 1.29 bits per heavy atom. The van der Waals surface area contributed by atoms with Gasteiger partial charge < -0.3 is 4.90 Å². The van der Waals surface area contributed by atoms with E-state index in [1.807, 2.05) is 52.7 Å². The van der Waals surface area contributed by atoms with Gasteiger partial charge in [-0.25, -0.2) is 4.98 Å². The molecule has 4 rings (SSSR count). The van der Waals surface area contributed by atoms with E-state index in [0.717, 1.165) is 54.2 Å². The molecule has 1 amide bonds. The van der Waals surface area contributed by atoms with Gasteiger partial charge in [0.25, 0.3) is 5.91 Å². The Bertz CT molecular complexity index is 732. The fraction of sp³-hybridized carbons (Fsp3) is 0.471. The van der Waals surface area contributed by atoms with Crippen LogP contribution in [0.15, 0.2) is 29.3 Å². The molecule has 24 heavy (non-hydrogen) atoms. The number of thioether (sulfide) groups is 2. The van der Waals surface area contributed by atoms with E-state index in [9.17, 15) is 4.79 Å². The van der Waals surface area contributed by atoms with E-state index in [2.05, 4.69) is 9.98 Å². The highest BCUT2D eigenvalue weighted by Crippen LogP contribution is 2.29. The van der Waals surface area contributed by atoms with Gasteiger partial charge >= 0.3 is 0 Å². The van der Waals surface area contributed by atoms with Crippen LogP contribution in [0.5, 0.6) is 0 Å². The fourth-order valence-corrected chi connectivity index (χ4v) is 6.15. The molecule has 7 heteroatoms. The molecule has 0 aliphatic carbocycles. The number of amides is 1. The molecule has 0 spiro atoms. The van der Waals surface area contributed by atoms with Gasteiger partial charge in [0.15, 0.2) is 5.01 Å². The van der Waals surface area contributed by atoms with E-state index >= 15 is 0 Å². The van der Waals surface area contributed by atoms with E-state index in [0.29, 0.717) is 10.9 Å². The van der Waals surface area contributed by atoms with Gasteiger partial charge in [-0.2, -0.15) is 0 Å². The highest BCUT2D eigenvalue weighted by atomic mass is 32.2. The number of benzene rings is 1. The smallest absolute Gasteiger partial charge is 0.282 e. The highest BCUT2D eigenvalue weighted by molar-refractivity contribution is 8.39. The largest absolute Gasteiger partial charge is 0.337 e. The summed E-state index contributed by atoms with van der Waals surface area (Å²) in [6, 6.07) is 7.95. The number of likely N-dealkylation sites (tertiary alicyclic amines) is 1. The van der Waals surface area contributed by atoms with Crippen LogP contribution in [0.1, 0.15) is 22.6 Å². The number of carbonyl (C=O) groups excluding carboxylic acids is 1. The summed E-state index contributed by atoms with van der Waals surface area (Å²) in [5, 5.41) is 0.626. The minimum atomic E-state index is 0.0954. The number of thiazole rings is 1. The maximum Gasteiger partial charge on any atom is 0.282 e. The topological polar surface area (TPSA) is 45.6 Å². The summed E-state index contributed by atoms with van der Waals surface area (Å²) in [6.45, 7) is 2.67. The Morgan fingerprint density at radius 2 is 2.12 bits per heavy atom. The van der Waals surface area contributed by atoms with E-state index in [1.54, 1.807) is 0 Å². The quantitative estimate of drug-likeness (QED) is 0.811. The van der Waals surface area contributed by atoms with Gasteiger partial charge in [-0.15, -0.1) is 11.3 Å². The maximum absolute atomic E-state index is 12.7. The third-order valence-electron chi connectivity index (χ3n) is 4.38. The predicted molar refractivity (Wildman–Crippen MR) is 105 cm³/mol. The van der Waals surface area contributed by atoms with Gasteiger partial charge in [-0.1, -0.05) is 35.7 Å². The van der Waals surface area contributed by atoms with E-state index in [-0.39, 0.29) is 5.91 Å². The molecule has 0 radical (unpaired) electrons. The minimum Gasteiger partial charge on any atom is -0.337 e. The molecule has 0 saturated carbocycles. The minimum absolute atomic E-state index is 0.0954. The van der Waals surface area contributed by atoms with Crippen LogP contribution in [0.3, 0.4) is 0 Å². The predicted octanol–water partition coefficient (Wildman–Crippen LogP) is 3.98. The normalized spacial score (nSPS) is 19.0. The molecule has 1 aromatic heterocycles. The van der Waals surface area contributed by atoms with Crippen LogP contribution >= 0.6 is 34.9 Å². The van der Waals surface area contributed by atoms with Crippen LogP contribution in [-0.2, 0) is 0 Å². The summed E-state index contributed by atoms with van der Waals surface area (Å²) >= 11 is 5.28. The number of hydrogen-bond acceptors (Lipinski definition) is 6. The summed E-state index contributed by atoms with van der Waals surface area (Å²) in [5.74, 6) is 3.06. The average Bonchev–Trinajstić information content (AvgIpc) is 3.29. The molecular formula is C17H19N3OS3. The second-order valence-electron chi connectivity index (χ2n) is 6.03. The molecule has 126 valence electrons. The van der Waals surface area contributed by atoms with Crippen molar-refractivity contribution in [3.05, 3.63) is 29.3 Å². The molecule has 3 heterocycles. The number of aromatic nitrogens is 1. The van der Waals surface area contributed by atoms with Gasteiger partial charge in [0.1, 0.15) is 4.38 Å². The lowest BCUT2D eigenvalue weighted by Crippen LogP contribution is -2.39. The Labute approximate surface area is 154 Å². The van der Waals surface area contributed by atoms with Crippen molar-refractivity contribution in [3.8, 4) is 0 Å². The molecule has 0 bridgehead atoms. The molecule has 0 atom stereocenters. The number of carbonyl (C=O) groups is 1. The highest BCUT2D eigenvalue weighted by Gasteiger charge is 2.26. The second kappa shape index (κ2) is 7.45. The van der Waals surface area contributed by atoms with Crippen molar-refractivity contribution < 1.29 is 4.79 Å². The van der Waals surface area contributed by atoms with Gasteiger partial charge in [-0.3, -0.25) is 9.79 Å². The third-order valence-corrected chi connectivity index (χ3v) is 7.89. The Kier molecular flexibility index (Phi) is 5.10. The van der Waals surface area contributed by atoms with Crippen LogP contribution in [0.2, 0.25) is 0 Å². The van der Waals surface area contributed by atoms with Gasteiger partial charge in [0.05, 0.1) is 16.8 Å². The van der Waals surface area contributed by atoms with Crippen LogP contribution < -0.4 is 0 Å². The molecule has 2 aliphatic rings. The van der Waals surface area contributed by atoms with Gasteiger partial charge in [0.2, 0.25) is 0 Å². The molecule has 2 aromatic rings. The Hall–Kier alpha value is -1.05. The van der Waals surface area contributed by atoms with Crippen LogP contribution in [0, 0.1) is 5.92 Å². The molecule has 0 unspecified atom stereocenters. The van der Waals surface area contributed by atoms with Crippen molar-refractivity contribution in [3.63, 3.8) is 0 Å². The molecule has 1 saturated heterocycles. The monoisotopic (exact) mass is 377 g/mol. The summed E-state index contributed by atoms with van der Waals surface area (Å²) < 4.78 is 2.34. The van der Waals surface area contributed by atoms with Crippen molar-refractivity contribution >= 4 is 55.4 Å². The zero-order chi connectivity index (χ0) is 16.4. The third kappa shape index (κ3) is 3.63. The first-order valence-corrected chi connectivity index (χ1v) is 11.0. The molecule has 1 fully saturated rings. The van der Waals surface area contributed by atoms with Crippen LogP contribution in [-0.4, -0.2) is 51.3 Å². The molecule has 0 N–H and O–H groups in total. The number of nitrogens with zero attached hydrogens (tertiary/aromatic N) is 3. The average molecular weight is 378 g/mol. The first kappa shape index (κ1) is 16.4. The number of aliphatic imine (C=N–C) groups is 1. The fourth-order valence-electron chi connectivity index (χ4n) is 2.99. The maximum atomic E-state index is 12.7. The molecule has 2 aliphatic heterocycles. The number of hydrogen-bond donors (Lipinski definition) is 0. The summed E-state index contributed by atoms with van der Waals surface area (Å²) in [6.07, 6.45) is 2.17. The lowest BCUT2D eigenvalue weighted by molar-refractivity contribution is 0.0698. The lowest BCUT2D eigenvalue weighted by Gasteiger charge is -2.31.